The first-order valence-electron chi connectivity index (χ1n) is 6.76. The Labute approximate surface area is 113 Å². The Balaban J connectivity index is 2.33. The second kappa shape index (κ2) is 8.99. The van der Waals surface area contributed by atoms with Crippen molar-refractivity contribution in [2.75, 3.05) is 13.2 Å². The van der Waals surface area contributed by atoms with Crippen LogP contribution in [-0.4, -0.2) is 24.7 Å². The summed E-state index contributed by atoms with van der Waals surface area (Å²) >= 11 is 0. The summed E-state index contributed by atoms with van der Waals surface area (Å²) in [5.74, 6) is 0. The van der Waals surface area contributed by atoms with E-state index in [1.54, 1.807) is 0 Å². The van der Waals surface area contributed by atoms with Crippen molar-refractivity contribution in [2.24, 2.45) is 0 Å². The number of ether oxygens (including phenoxy) is 1. The minimum atomic E-state index is -2.45. The number of hydrogen-bond donors (Lipinski definition) is 1. The summed E-state index contributed by atoms with van der Waals surface area (Å²) < 4.78 is 28.4. The van der Waals surface area contributed by atoms with E-state index in [4.69, 9.17) is 4.74 Å². The van der Waals surface area contributed by atoms with Gasteiger partial charge in [0.25, 0.3) is 6.43 Å². The van der Waals surface area contributed by atoms with Crippen molar-refractivity contribution >= 4 is 0 Å². The molecule has 1 rings (SSSR count). The first kappa shape index (κ1) is 16.1. The van der Waals surface area contributed by atoms with Gasteiger partial charge in [0.15, 0.2) is 0 Å². The molecule has 0 heterocycles. The van der Waals surface area contributed by atoms with E-state index in [-0.39, 0.29) is 6.61 Å². The third kappa shape index (κ3) is 6.64. The molecule has 0 radical (unpaired) electrons. The minimum Gasteiger partial charge on any atom is -0.388 e. The van der Waals surface area contributed by atoms with Gasteiger partial charge in [-0.3, -0.25) is 0 Å². The number of alkyl halides is 2. The van der Waals surface area contributed by atoms with Gasteiger partial charge in [0, 0.05) is 13.0 Å². The summed E-state index contributed by atoms with van der Waals surface area (Å²) in [4.78, 5) is 0. The number of aryl methyl sites for hydroxylation is 1. The molecule has 0 aliphatic heterocycles. The molecule has 1 atom stereocenters. The largest absolute Gasteiger partial charge is 0.388 e. The lowest BCUT2D eigenvalue weighted by molar-refractivity contribution is 0.00481. The third-order valence-electron chi connectivity index (χ3n) is 2.96. The van der Waals surface area contributed by atoms with Crippen molar-refractivity contribution in [2.45, 2.75) is 45.1 Å². The predicted molar refractivity (Wildman–Crippen MR) is 71.5 cm³/mol. The molecule has 0 bridgehead atoms. The van der Waals surface area contributed by atoms with E-state index >= 15 is 0 Å². The van der Waals surface area contributed by atoms with Crippen LogP contribution in [0, 0.1) is 0 Å². The molecule has 1 aromatic rings. The lowest BCUT2D eigenvalue weighted by Gasteiger charge is -2.12. The number of halogens is 2. The van der Waals surface area contributed by atoms with Crippen molar-refractivity contribution in [3.63, 3.8) is 0 Å². The van der Waals surface area contributed by atoms with Crippen molar-refractivity contribution in [3.8, 4) is 0 Å². The molecule has 0 spiro atoms. The quantitative estimate of drug-likeness (QED) is 0.694. The van der Waals surface area contributed by atoms with Crippen molar-refractivity contribution < 1.29 is 18.6 Å². The van der Waals surface area contributed by atoms with E-state index in [1.165, 1.54) is 5.56 Å². The number of aliphatic hydroxyl groups is 1. The maximum absolute atomic E-state index is 11.8. The molecule has 0 fully saturated rings. The van der Waals surface area contributed by atoms with Crippen LogP contribution in [0.1, 0.15) is 43.4 Å². The van der Waals surface area contributed by atoms with Crippen LogP contribution in [-0.2, 0) is 11.2 Å². The highest BCUT2D eigenvalue weighted by Crippen LogP contribution is 2.18. The van der Waals surface area contributed by atoms with E-state index in [9.17, 15) is 13.9 Å². The van der Waals surface area contributed by atoms with Gasteiger partial charge in [-0.1, -0.05) is 37.6 Å². The second-order valence-electron chi connectivity index (χ2n) is 4.62. The maximum Gasteiger partial charge on any atom is 0.261 e. The van der Waals surface area contributed by atoms with E-state index < -0.39 is 19.1 Å². The summed E-state index contributed by atoms with van der Waals surface area (Å²) in [5, 5.41) is 9.89. The number of unbranched alkanes of at least 4 members (excludes halogenated alkanes) is 1. The standard InChI is InChI=1S/C15H22F2O2/c1-2-3-4-12-5-7-13(8-6-12)14(18)9-10-19-11-15(16)17/h5-8,14-15,18H,2-4,9-11H2,1H3. The molecule has 0 aliphatic carbocycles. The van der Waals surface area contributed by atoms with Crippen molar-refractivity contribution in [1.82, 2.24) is 0 Å². The van der Waals surface area contributed by atoms with E-state index in [1.807, 2.05) is 24.3 Å². The molecule has 1 N–H and O–H groups in total. The van der Waals surface area contributed by atoms with Crippen LogP contribution in [0.2, 0.25) is 0 Å². The summed E-state index contributed by atoms with van der Waals surface area (Å²) in [6.07, 6.45) is 0.591. The van der Waals surface area contributed by atoms with Crippen LogP contribution in [0.25, 0.3) is 0 Å². The van der Waals surface area contributed by atoms with Gasteiger partial charge in [-0.05, 0) is 24.0 Å². The molecule has 108 valence electrons. The average molecular weight is 272 g/mol. The fourth-order valence-electron chi connectivity index (χ4n) is 1.82. The van der Waals surface area contributed by atoms with Gasteiger partial charge in [0.05, 0.1) is 6.10 Å². The average Bonchev–Trinajstić information content (AvgIpc) is 2.41. The first-order valence-corrected chi connectivity index (χ1v) is 6.76. The normalized spacial score (nSPS) is 12.9. The SMILES string of the molecule is CCCCc1ccc(C(O)CCOCC(F)F)cc1. The predicted octanol–water partition coefficient (Wildman–Crippen LogP) is 3.73. The Hall–Kier alpha value is -1.00. The van der Waals surface area contributed by atoms with Gasteiger partial charge >= 0.3 is 0 Å². The maximum atomic E-state index is 11.8. The molecule has 0 amide bonds. The molecule has 1 unspecified atom stereocenters. The van der Waals surface area contributed by atoms with Crippen LogP contribution in [0.4, 0.5) is 8.78 Å². The fourth-order valence-corrected chi connectivity index (χ4v) is 1.82. The van der Waals surface area contributed by atoms with Crippen LogP contribution >= 0.6 is 0 Å². The fraction of sp³-hybridized carbons (Fsp3) is 0.600. The highest BCUT2D eigenvalue weighted by molar-refractivity contribution is 5.24. The number of benzene rings is 1. The number of aliphatic hydroxyl groups excluding tert-OH is 1. The van der Waals surface area contributed by atoms with Gasteiger partial charge in [-0.2, -0.15) is 0 Å². The minimum absolute atomic E-state index is 0.142. The molecule has 0 aliphatic rings. The van der Waals surface area contributed by atoms with Crippen LogP contribution < -0.4 is 0 Å². The smallest absolute Gasteiger partial charge is 0.261 e. The zero-order chi connectivity index (χ0) is 14.1. The molecule has 19 heavy (non-hydrogen) atoms. The van der Waals surface area contributed by atoms with E-state index in [0.717, 1.165) is 24.8 Å². The van der Waals surface area contributed by atoms with Gasteiger partial charge < -0.3 is 9.84 Å². The molecule has 0 saturated carbocycles. The Kier molecular flexibility index (Phi) is 7.60. The van der Waals surface area contributed by atoms with Crippen LogP contribution in [0.5, 0.6) is 0 Å². The van der Waals surface area contributed by atoms with Crippen LogP contribution in [0.15, 0.2) is 24.3 Å². The Morgan fingerprint density at radius 3 is 2.47 bits per heavy atom. The highest BCUT2D eigenvalue weighted by atomic mass is 19.3. The van der Waals surface area contributed by atoms with Gasteiger partial charge in [0.1, 0.15) is 6.61 Å². The Morgan fingerprint density at radius 2 is 1.89 bits per heavy atom. The topological polar surface area (TPSA) is 29.5 Å². The van der Waals surface area contributed by atoms with Crippen molar-refractivity contribution in [3.05, 3.63) is 35.4 Å². The second-order valence-corrected chi connectivity index (χ2v) is 4.62. The third-order valence-corrected chi connectivity index (χ3v) is 2.96. The molecule has 1 aromatic carbocycles. The molecule has 4 heteroatoms. The van der Waals surface area contributed by atoms with E-state index in [0.29, 0.717) is 6.42 Å². The summed E-state index contributed by atoms with van der Waals surface area (Å²) in [5.41, 5.74) is 2.06. The lowest BCUT2D eigenvalue weighted by atomic mass is 10.0. The van der Waals surface area contributed by atoms with Crippen LogP contribution in [0.3, 0.4) is 0 Å². The molecule has 2 nitrogen and oxygen atoms in total. The molecule has 0 saturated heterocycles. The summed E-state index contributed by atoms with van der Waals surface area (Å²) in [6, 6.07) is 7.80. The van der Waals surface area contributed by atoms with E-state index in [2.05, 4.69) is 6.92 Å². The monoisotopic (exact) mass is 272 g/mol. The molecule has 0 aromatic heterocycles. The summed E-state index contributed by atoms with van der Waals surface area (Å²) in [6.45, 7) is 1.73. The zero-order valence-electron chi connectivity index (χ0n) is 11.3. The number of rotatable bonds is 9. The highest BCUT2D eigenvalue weighted by Gasteiger charge is 2.08. The summed E-state index contributed by atoms with van der Waals surface area (Å²) in [7, 11) is 0. The van der Waals surface area contributed by atoms with Gasteiger partial charge in [-0.25, -0.2) is 8.78 Å². The van der Waals surface area contributed by atoms with Gasteiger partial charge in [0.2, 0.25) is 0 Å². The Bertz CT molecular complexity index is 339. The molecular formula is C15H22F2O2. The van der Waals surface area contributed by atoms with Crippen molar-refractivity contribution in [1.29, 1.82) is 0 Å². The first-order chi connectivity index (χ1) is 9.13. The Morgan fingerprint density at radius 1 is 1.21 bits per heavy atom. The molecular weight excluding hydrogens is 250 g/mol. The van der Waals surface area contributed by atoms with Gasteiger partial charge in [-0.15, -0.1) is 0 Å². The zero-order valence-corrected chi connectivity index (χ0v) is 11.3. The lowest BCUT2D eigenvalue weighted by Crippen LogP contribution is -2.08. The number of hydrogen-bond acceptors (Lipinski definition) is 2.